The van der Waals surface area contributed by atoms with Crippen molar-refractivity contribution in [2.24, 2.45) is 5.92 Å². The number of hydrogen-bond acceptors (Lipinski definition) is 5. The van der Waals surface area contributed by atoms with Crippen molar-refractivity contribution >= 4 is 17.5 Å². The Morgan fingerprint density at radius 1 is 0.932 bits per heavy atom. The van der Waals surface area contributed by atoms with Crippen LogP contribution >= 0.6 is 0 Å². The standard InChI is InChI=1S/C37H45N5O2/c1-3-35(43)39-30-15-11-26(12-16-30)24-41(2)31-18-21-42(22-19-31)25-27-9-13-29(14-10-27)36-32(28-7-5-4-6-8-28)23-33-34(40-36)17-20-38-37(33)44/h3-16,31-34,36,40H,1,17-25H2,2H3,(H,38,44)(H,39,43). The van der Waals surface area contributed by atoms with E-state index >= 15 is 0 Å². The van der Waals surface area contributed by atoms with Gasteiger partial charge in [0.1, 0.15) is 0 Å². The second kappa shape index (κ2) is 13.9. The summed E-state index contributed by atoms with van der Waals surface area (Å²) in [6.45, 7) is 8.31. The number of nitrogens with one attached hydrogen (secondary N) is 3. The number of anilines is 1. The largest absolute Gasteiger partial charge is 0.356 e. The van der Waals surface area contributed by atoms with E-state index in [0.29, 0.717) is 6.04 Å². The lowest BCUT2D eigenvalue weighted by atomic mass is 9.72. The van der Waals surface area contributed by atoms with E-state index in [2.05, 4.69) is 106 Å². The van der Waals surface area contributed by atoms with Crippen LogP contribution in [0.2, 0.25) is 0 Å². The predicted molar refractivity (Wildman–Crippen MR) is 176 cm³/mol. The van der Waals surface area contributed by atoms with Crippen LogP contribution in [0.5, 0.6) is 0 Å². The van der Waals surface area contributed by atoms with E-state index in [1.165, 1.54) is 28.3 Å². The van der Waals surface area contributed by atoms with E-state index in [9.17, 15) is 9.59 Å². The topological polar surface area (TPSA) is 76.7 Å². The summed E-state index contributed by atoms with van der Waals surface area (Å²) in [5.41, 5.74) is 6.00. The van der Waals surface area contributed by atoms with Gasteiger partial charge in [0.05, 0.1) is 5.92 Å². The van der Waals surface area contributed by atoms with Gasteiger partial charge in [0.25, 0.3) is 0 Å². The molecular formula is C37H45N5O2. The van der Waals surface area contributed by atoms with E-state index < -0.39 is 0 Å². The molecule has 0 spiro atoms. The number of carbonyl (C=O) groups excluding carboxylic acids is 2. The third kappa shape index (κ3) is 7.12. The minimum Gasteiger partial charge on any atom is -0.356 e. The van der Waals surface area contributed by atoms with Crippen molar-refractivity contribution in [2.75, 3.05) is 32.0 Å². The summed E-state index contributed by atoms with van der Waals surface area (Å²) in [6, 6.07) is 29.0. The second-order valence-corrected chi connectivity index (χ2v) is 12.7. The smallest absolute Gasteiger partial charge is 0.247 e. The molecule has 0 radical (unpaired) electrons. The molecule has 3 aromatic carbocycles. The third-order valence-corrected chi connectivity index (χ3v) is 9.87. The lowest BCUT2D eigenvalue weighted by Gasteiger charge is -2.44. The van der Waals surface area contributed by atoms with Gasteiger partial charge in [-0.05, 0) is 86.3 Å². The number of carbonyl (C=O) groups is 2. The molecule has 0 aliphatic carbocycles. The van der Waals surface area contributed by atoms with Crippen molar-refractivity contribution in [2.45, 2.75) is 62.8 Å². The number of likely N-dealkylation sites (tertiary alicyclic amines) is 1. The van der Waals surface area contributed by atoms with Crippen molar-refractivity contribution in [1.29, 1.82) is 0 Å². The Morgan fingerprint density at radius 3 is 2.34 bits per heavy atom. The van der Waals surface area contributed by atoms with Crippen LogP contribution in [-0.4, -0.2) is 60.4 Å². The fraction of sp³-hybridized carbons (Fsp3) is 0.405. The lowest BCUT2D eigenvalue weighted by Crippen LogP contribution is -2.56. The Morgan fingerprint density at radius 2 is 1.64 bits per heavy atom. The molecular weight excluding hydrogens is 546 g/mol. The molecule has 0 saturated carbocycles. The molecule has 3 heterocycles. The van der Waals surface area contributed by atoms with Gasteiger partial charge in [-0.2, -0.15) is 0 Å². The van der Waals surface area contributed by atoms with E-state index in [-0.39, 0.29) is 35.7 Å². The Labute approximate surface area is 261 Å². The molecule has 3 aromatic rings. The number of fused-ring (bicyclic) bond motifs is 1. The normalized spacial score (nSPS) is 24.4. The zero-order valence-electron chi connectivity index (χ0n) is 25.8. The first-order chi connectivity index (χ1) is 21.5. The van der Waals surface area contributed by atoms with Gasteiger partial charge in [0.15, 0.2) is 0 Å². The number of rotatable bonds is 9. The Balaban J connectivity index is 1.03. The molecule has 7 heteroatoms. The zero-order chi connectivity index (χ0) is 30.5. The highest BCUT2D eigenvalue weighted by Crippen LogP contribution is 2.42. The highest BCUT2D eigenvalue weighted by molar-refractivity contribution is 5.98. The maximum absolute atomic E-state index is 12.7. The molecule has 3 fully saturated rings. The number of nitrogens with zero attached hydrogens (tertiary/aromatic N) is 2. The van der Waals surface area contributed by atoms with E-state index in [1.54, 1.807) is 0 Å². The lowest BCUT2D eigenvalue weighted by molar-refractivity contribution is -0.129. The maximum atomic E-state index is 12.7. The molecule has 7 nitrogen and oxygen atoms in total. The number of amides is 2. The van der Waals surface area contributed by atoms with E-state index in [1.807, 2.05) is 12.1 Å². The van der Waals surface area contributed by atoms with Crippen molar-refractivity contribution < 1.29 is 9.59 Å². The Bertz CT molecular complexity index is 1420. The SMILES string of the molecule is C=CC(=O)Nc1ccc(CN(C)C2CCN(Cc3ccc(C4NC5CCNC(=O)C5CC4c4ccccc4)cc3)CC2)cc1. The average molecular weight is 592 g/mol. The van der Waals surface area contributed by atoms with Gasteiger partial charge in [0.2, 0.25) is 11.8 Å². The Kier molecular flexibility index (Phi) is 9.55. The molecule has 3 N–H and O–H groups in total. The van der Waals surface area contributed by atoms with Gasteiger partial charge < -0.3 is 16.0 Å². The van der Waals surface area contributed by atoms with Gasteiger partial charge in [0, 0.05) is 49.4 Å². The van der Waals surface area contributed by atoms with Crippen LogP contribution in [-0.2, 0) is 22.7 Å². The highest BCUT2D eigenvalue weighted by atomic mass is 16.2. The number of benzene rings is 3. The van der Waals surface area contributed by atoms with E-state index in [0.717, 1.165) is 64.1 Å². The monoisotopic (exact) mass is 591 g/mol. The molecule has 0 aromatic heterocycles. The van der Waals surface area contributed by atoms with E-state index in [4.69, 9.17) is 0 Å². The van der Waals surface area contributed by atoms with Crippen molar-refractivity contribution in [3.05, 3.63) is 114 Å². The van der Waals surface area contributed by atoms with Gasteiger partial charge in [-0.1, -0.05) is 73.3 Å². The first-order valence-corrected chi connectivity index (χ1v) is 16.1. The van der Waals surface area contributed by atoms with Crippen LogP contribution in [0.3, 0.4) is 0 Å². The predicted octanol–water partition coefficient (Wildman–Crippen LogP) is 5.23. The molecule has 0 bridgehead atoms. The third-order valence-electron chi connectivity index (χ3n) is 9.87. The van der Waals surface area contributed by atoms with Crippen LogP contribution in [0.15, 0.2) is 91.5 Å². The first-order valence-electron chi connectivity index (χ1n) is 16.1. The molecule has 4 unspecified atom stereocenters. The fourth-order valence-electron chi connectivity index (χ4n) is 7.36. The fourth-order valence-corrected chi connectivity index (χ4v) is 7.36. The van der Waals surface area contributed by atoms with Crippen molar-refractivity contribution in [1.82, 2.24) is 20.4 Å². The van der Waals surface area contributed by atoms with Gasteiger partial charge in [-0.25, -0.2) is 0 Å². The molecule has 3 aliphatic heterocycles. The molecule has 6 rings (SSSR count). The van der Waals surface area contributed by atoms with Crippen LogP contribution in [0.25, 0.3) is 0 Å². The zero-order valence-corrected chi connectivity index (χ0v) is 25.8. The molecule has 230 valence electrons. The van der Waals surface area contributed by atoms with Crippen LogP contribution in [0, 0.1) is 5.92 Å². The Hall–Kier alpha value is -3.78. The molecule has 3 saturated heterocycles. The van der Waals surface area contributed by atoms with Crippen LogP contribution in [0.1, 0.15) is 59.9 Å². The second-order valence-electron chi connectivity index (χ2n) is 12.7. The summed E-state index contributed by atoms with van der Waals surface area (Å²) in [5, 5.41) is 9.79. The average Bonchev–Trinajstić information content (AvgIpc) is 3.06. The van der Waals surface area contributed by atoms with Crippen LogP contribution in [0.4, 0.5) is 5.69 Å². The summed E-state index contributed by atoms with van der Waals surface area (Å²) >= 11 is 0. The highest BCUT2D eigenvalue weighted by Gasteiger charge is 2.42. The van der Waals surface area contributed by atoms with Crippen molar-refractivity contribution in [3.63, 3.8) is 0 Å². The summed E-state index contributed by atoms with van der Waals surface area (Å²) in [6.07, 6.45) is 5.46. The summed E-state index contributed by atoms with van der Waals surface area (Å²) in [4.78, 5) is 29.3. The molecule has 4 atom stereocenters. The number of piperidine rings is 3. The molecule has 2 amide bonds. The summed E-state index contributed by atoms with van der Waals surface area (Å²) in [5.74, 6) is 0.302. The minimum absolute atomic E-state index is 0.0311. The van der Waals surface area contributed by atoms with Crippen LogP contribution < -0.4 is 16.0 Å². The summed E-state index contributed by atoms with van der Waals surface area (Å²) < 4.78 is 0. The van der Waals surface area contributed by atoms with Gasteiger partial charge in [-0.15, -0.1) is 0 Å². The van der Waals surface area contributed by atoms with Gasteiger partial charge in [-0.3, -0.25) is 19.4 Å². The van der Waals surface area contributed by atoms with Crippen molar-refractivity contribution in [3.8, 4) is 0 Å². The maximum Gasteiger partial charge on any atom is 0.247 e. The quantitative estimate of drug-likeness (QED) is 0.297. The van der Waals surface area contributed by atoms with Gasteiger partial charge >= 0.3 is 0 Å². The molecule has 44 heavy (non-hydrogen) atoms. The first kappa shape index (κ1) is 30.3. The molecule has 3 aliphatic rings. The number of hydrogen-bond donors (Lipinski definition) is 3. The minimum atomic E-state index is -0.190. The summed E-state index contributed by atoms with van der Waals surface area (Å²) in [7, 11) is 2.22.